The molecule has 1 aliphatic rings. The van der Waals surface area contributed by atoms with E-state index in [-0.39, 0.29) is 5.54 Å². The smallest absolute Gasteiger partial charge is 0.186 e. The Morgan fingerprint density at radius 2 is 2.25 bits per heavy atom. The third kappa shape index (κ3) is 3.15. The summed E-state index contributed by atoms with van der Waals surface area (Å²) in [5, 5.41) is 4.42. The zero-order valence-electron chi connectivity index (χ0n) is 13.3. The summed E-state index contributed by atoms with van der Waals surface area (Å²) in [7, 11) is 2.00. The van der Waals surface area contributed by atoms with Gasteiger partial charge in [0.2, 0.25) is 0 Å². The summed E-state index contributed by atoms with van der Waals surface area (Å²) in [5.74, 6) is 0.521. The highest BCUT2D eigenvalue weighted by Crippen LogP contribution is 2.35. The Balaban J connectivity index is 2.32. The predicted octanol–water partition coefficient (Wildman–Crippen LogP) is 2.99. The van der Waals surface area contributed by atoms with Gasteiger partial charge in [0.15, 0.2) is 5.13 Å². The Morgan fingerprint density at radius 3 is 2.85 bits per heavy atom. The number of ether oxygens (including phenoxy) is 1. The summed E-state index contributed by atoms with van der Waals surface area (Å²) >= 11 is 1.83. The van der Waals surface area contributed by atoms with Gasteiger partial charge in [-0.05, 0) is 33.2 Å². The van der Waals surface area contributed by atoms with Gasteiger partial charge in [-0.3, -0.25) is 0 Å². The lowest BCUT2D eigenvalue weighted by Gasteiger charge is -2.42. The van der Waals surface area contributed by atoms with Crippen LogP contribution in [0.5, 0.6) is 0 Å². The van der Waals surface area contributed by atoms with Crippen LogP contribution in [0.3, 0.4) is 0 Å². The fourth-order valence-electron chi connectivity index (χ4n) is 2.54. The molecule has 1 N–H and O–H groups in total. The van der Waals surface area contributed by atoms with E-state index in [4.69, 9.17) is 9.72 Å². The molecule has 0 radical (unpaired) electrons. The van der Waals surface area contributed by atoms with E-state index in [1.807, 2.05) is 18.4 Å². The maximum atomic E-state index is 5.61. The standard InChI is InChI=1S/C15H27N3OS/c1-6-11(2)13-12(9-16-5)20-14(17-13)18-7-8-19-10-15(18,3)4/h11,16H,6-10H2,1-5H3. The van der Waals surface area contributed by atoms with Crippen LogP contribution >= 0.6 is 11.3 Å². The van der Waals surface area contributed by atoms with Crippen molar-refractivity contribution in [3.8, 4) is 0 Å². The number of aromatic nitrogens is 1. The second-order valence-electron chi connectivity index (χ2n) is 6.16. The van der Waals surface area contributed by atoms with E-state index in [2.05, 4.69) is 37.9 Å². The van der Waals surface area contributed by atoms with E-state index in [0.717, 1.165) is 37.9 Å². The van der Waals surface area contributed by atoms with E-state index in [0.29, 0.717) is 5.92 Å². The first-order valence-corrected chi connectivity index (χ1v) is 8.30. The van der Waals surface area contributed by atoms with Crippen molar-refractivity contribution in [2.24, 2.45) is 0 Å². The van der Waals surface area contributed by atoms with Gasteiger partial charge in [0, 0.05) is 18.0 Å². The maximum absolute atomic E-state index is 5.61. The third-order valence-corrected chi connectivity index (χ3v) is 5.10. The van der Waals surface area contributed by atoms with Crippen molar-refractivity contribution in [1.29, 1.82) is 0 Å². The lowest BCUT2D eigenvalue weighted by molar-refractivity contribution is 0.0643. The molecule has 0 spiro atoms. The highest BCUT2D eigenvalue weighted by molar-refractivity contribution is 7.15. The van der Waals surface area contributed by atoms with Crippen molar-refractivity contribution in [1.82, 2.24) is 10.3 Å². The first kappa shape index (κ1) is 15.7. The summed E-state index contributed by atoms with van der Waals surface area (Å²) in [6.07, 6.45) is 1.13. The molecule has 1 saturated heterocycles. The summed E-state index contributed by atoms with van der Waals surface area (Å²) in [4.78, 5) is 8.75. The number of morpholine rings is 1. The number of anilines is 1. The molecule has 20 heavy (non-hydrogen) atoms. The van der Waals surface area contributed by atoms with Crippen molar-refractivity contribution in [3.05, 3.63) is 10.6 Å². The molecule has 1 aliphatic heterocycles. The second-order valence-corrected chi connectivity index (χ2v) is 7.22. The SMILES string of the molecule is CCC(C)c1nc(N2CCOCC2(C)C)sc1CNC. The van der Waals surface area contributed by atoms with Gasteiger partial charge >= 0.3 is 0 Å². The Morgan fingerprint density at radius 1 is 1.50 bits per heavy atom. The number of rotatable bonds is 5. The zero-order valence-corrected chi connectivity index (χ0v) is 14.1. The highest BCUT2D eigenvalue weighted by Gasteiger charge is 2.33. The Labute approximate surface area is 126 Å². The van der Waals surface area contributed by atoms with Gasteiger partial charge in [-0.25, -0.2) is 4.98 Å². The molecule has 0 amide bonds. The minimum absolute atomic E-state index is 0.0275. The summed E-state index contributed by atoms with van der Waals surface area (Å²) < 4.78 is 5.61. The second kappa shape index (κ2) is 6.41. The first-order valence-electron chi connectivity index (χ1n) is 7.49. The van der Waals surface area contributed by atoms with E-state index < -0.39 is 0 Å². The fraction of sp³-hybridized carbons (Fsp3) is 0.800. The Hall–Kier alpha value is -0.650. The molecule has 1 aromatic rings. The van der Waals surface area contributed by atoms with Crippen LogP contribution in [0.2, 0.25) is 0 Å². The van der Waals surface area contributed by atoms with Crippen LogP contribution in [0.25, 0.3) is 0 Å². The average Bonchev–Trinajstić information content (AvgIpc) is 2.81. The van der Waals surface area contributed by atoms with E-state index in [1.54, 1.807) is 0 Å². The molecule has 2 rings (SSSR count). The van der Waals surface area contributed by atoms with Crippen LogP contribution in [-0.2, 0) is 11.3 Å². The van der Waals surface area contributed by atoms with Crippen LogP contribution in [0.15, 0.2) is 0 Å². The quantitative estimate of drug-likeness (QED) is 0.906. The van der Waals surface area contributed by atoms with Crippen molar-refractivity contribution < 1.29 is 4.74 Å². The van der Waals surface area contributed by atoms with Gasteiger partial charge in [-0.15, -0.1) is 11.3 Å². The Bertz CT molecular complexity index is 444. The molecule has 1 unspecified atom stereocenters. The van der Waals surface area contributed by atoms with Crippen LogP contribution in [-0.4, -0.2) is 37.3 Å². The molecule has 1 atom stereocenters. The summed E-state index contributed by atoms with van der Waals surface area (Å²) in [6, 6.07) is 0. The van der Waals surface area contributed by atoms with E-state index in [1.165, 1.54) is 10.6 Å². The van der Waals surface area contributed by atoms with Crippen molar-refractivity contribution in [2.45, 2.75) is 52.1 Å². The maximum Gasteiger partial charge on any atom is 0.186 e. The largest absolute Gasteiger partial charge is 0.377 e. The summed E-state index contributed by atoms with van der Waals surface area (Å²) in [5.41, 5.74) is 1.30. The van der Waals surface area contributed by atoms with Crippen molar-refractivity contribution >= 4 is 16.5 Å². The minimum atomic E-state index is 0.0275. The van der Waals surface area contributed by atoms with Gasteiger partial charge in [-0.1, -0.05) is 13.8 Å². The molecular formula is C15H27N3OS. The number of nitrogens with zero attached hydrogens (tertiary/aromatic N) is 2. The zero-order chi connectivity index (χ0) is 14.8. The van der Waals surface area contributed by atoms with Crippen LogP contribution < -0.4 is 10.2 Å². The molecule has 0 saturated carbocycles. The molecule has 4 nitrogen and oxygen atoms in total. The molecule has 0 aromatic carbocycles. The Kier molecular flexibility index (Phi) is 5.04. The van der Waals surface area contributed by atoms with Crippen molar-refractivity contribution in [2.75, 3.05) is 31.7 Å². The molecule has 5 heteroatoms. The predicted molar refractivity (Wildman–Crippen MR) is 85.8 cm³/mol. The molecule has 1 fully saturated rings. The lowest BCUT2D eigenvalue weighted by atomic mass is 10.0. The summed E-state index contributed by atoms with van der Waals surface area (Å²) in [6.45, 7) is 12.4. The minimum Gasteiger partial charge on any atom is -0.377 e. The average molecular weight is 297 g/mol. The number of hydrogen-bond acceptors (Lipinski definition) is 5. The third-order valence-electron chi connectivity index (χ3n) is 4.01. The first-order chi connectivity index (χ1) is 9.49. The molecular weight excluding hydrogens is 270 g/mol. The van der Waals surface area contributed by atoms with Crippen LogP contribution in [0.4, 0.5) is 5.13 Å². The molecule has 2 heterocycles. The molecule has 114 valence electrons. The van der Waals surface area contributed by atoms with Gasteiger partial charge in [-0.2, -0.15) is 0 Å². The molecule has 0 aliphatic carbocycles. The van der Waals surface area contributed by atoms with Crippen molar-refractivity contribution in [3.63, 3.8) is 0 Å². The topological polar surface area (TPSA) is 37.4 Å². The van der Waals surface area contributed by atoms with Crippen LogP contribution in [0, 0.1) is 0 Å². The molecule has 0 bridgehead atoms. The van der Waals surface area contributed by atoms with Crippen LogP contribution in [0.1, 0.15) is 50.6 Å². The highest BCUT2D eigenvalue weighted by atomic mass is 32.1. The van der Waals surface area contributed by atoms with E-state index in [9.17, 15) is 0 Å². The van der Waals surface area contributed by atoms with E-state index >= 15 is 0 Å². The van der Waals surface area contributed by atoms with Gasteiger partial charge in [0.05, 0.1) is 24.4 Å². The monoisotopic (exact) mass is 297 g/mol. The van der Waals surface area contributed by atoms with Gasteiger partial charge in [0.1, 0.15) is 0 Å². The van der Waals surface area contributed by atoms with Gasteiger partial charge < -0.3 is 15.0 Å². The molecule has 1 aromatic heterocycles. The number of hydrogen-bond donors (Lipinski definition) is 1. The van der Waals surface area contributed by atoms with Gasteiger partial charge in [0.25, 0.3) is 0 Å². The fourth-order valence-corrected chi connectivity index (χ4v) is 3.93. The number of thiazole rings is 1. The lowest BCUT2D eigenvalue weighted by Crippen LogP contribution is -2.53. The number of nitrogens with one attached hydrogen (secondary N) is 1. The normalized spacial score (nSPS) is 20.1.